The van der Waals surface area contributed by atoms with Crippen LogP contribution in [-0.2, 0) is 0 Å². The van der Waals surface area contributed by atoms with Gasteiger partial charge in [-0.25, -0.2) is 0 Å². The van der Waals surface area contributed by atoms with Crippen LogP contribution in [0.2, 0.25) is 0 Å². The van der Waals surface area contributed by atoms with Crippen molar-refractivity contribution in [2.24, 2.45) is 0 Å². The normalized spacial score (nSPS) is 10.2. The summed E-state index contributed by atoms with van der Waals surface area (Å²) in [7, 11) is 1.49. The molecule has 0 N–H and O–H groups in total. The third-order valence-electron chi connectivity index (χ3n) is 1.81. The first-order valence-electron chi connectivity index (χ1n) is 4.66. The SMILES string of the molecule is CCCCC[P]c1ccccc1.Cl. The maximum atomic E-state index is 2.25. The van der Waals surface area contributed by atoms with Crippen LogP contribution in [0.3, 0.4) is 0 Å². The van der Waals surface area contributed by atoms with Gasteiger partial charge < -0.3 is 0 Å². The van der Waals surface area contributed by atoms with E-state index in [0.29, 0.717) is 0 Å². The molecule has 1 radical (unpaired) electrons. The number of hydrogen-bond donors (Lipinski definition) is 0. The zero-order valence-corrected chi connectivity index (χ0v) is 9.78. The maximum Gasteiger partial charge on any atom is -0.0193 e. The Bertz CT molecular complexity index is 199. The van der Waals surface area contributed by atoms with Gasteiger partial charge in [-0.3, -0.25) is 0 Å². The van der Waals surface area contributed by atoms with E-state index in [2.05, 4.69) is 37.3 Å². The Balaban J connectivity index is 0.00000144. The van der Waals surface area contributed by atoms with Crippen LogP contribution < -0.4 is 5.30 Å². The Morgan fingerprint density at radius 1 is 1.08 bits per heavy atom. The molecule has 0 saturated carbocycles. The summed E-state index contributed by atoms with van der Waals surface area (Å²) in [6, 6.07) is 10.7. The van der Waals surface area contributed by atoms with Gasteiger partial charge in [-0.2, -0.15) is 0 Å². The van der Waals surface area contributed by atoms with Gasteiger partial charge in [-0.15, -0.1) is 12.4 Å². The summed E-state index contributed by atoms with van der Waals surface area (Å²) in [5, 5.41) is 1.45. The third kappa shape index (κ3) is 6.07. The molecule has 0 saturated heterocycles. The van der Waals surface area contributed by atoms with Crippen LogP contribution in [0.1, 0.15) is 26.2 Å². The van der Waals surface area contributed by atoms with Crippen LogP contribution in [0.25, 0.3) is 0 Å². The van der Waals surface area contributed by atoms with Crippen molar-refractivity contribution in [3.63, 3.8) is 0 Å². The lowest BCUT2D eigenvalue weighted by atomic mass is 10.3. The molecule has 0 fully saturated rings. The topological polar surface area (TPSA) is 0 Å². The van der Waals surface area contributed by atoms with Crippen molar-refractivity contribution in [1.82, 2.24) is 0 Å². The molecule has 0 amide bonds. The molecule has 0 aliphatic heterocycles. The summed E-state index contributed by atoms with van der Waals surface area (Å²) in [6.07, 6.45) is 5.38. The van der Waals surface area contributed by atoms with Gasteiger partial charge in [0.2, 0.25) is 0 Å². The van der Waals surface area contributed by atoms with E-state index in [9.17, 15) is 0 Å². The number of benzene rings is 1. The lowest BCUT2D eigenvalue weighted by molar-refractivity contribution is 0.778. The molecule has 0 atom stereocenters. The second-order valence-electron chi connectivity index (χ2n) is 2.92. The molecule has 0 spiro atoms. The van der Waals surface area contributed by atoms with E-state index in [-0.39, 0.29) is 12.4 Å². The average Bonchev–Trinajstić information content (AvgIpc) is 2.14. The van der Waals surface area contributed by atoms with Crippen molar-refractivity contribution < 1.29 is 0 Å². The molecule has 73 valence electrons. The number of hydrogen-bond acceptors (Lipinski definition) is 0. The first kappa shape index (κ1) is 12.9. The van der Waals surface area contributed by atoms with Crippen LogP contribution in [0, 0.1) is 0 Å². The van der Waals surface area contributed by atoms with Crippen molar-refractivity contribution in [2.45, 2.75) is 26.2 Å². The largest absolute Gasteiger partial charge is 0.147 e. The van der Waals surface area contributed by atoms with Crippen molar-refractivity contribution in [3.05, 3.63) is 30.3 Å². The highest BCUT2D eigenvalue weighted by Gasteiger charge is 1.91. The van der Waals surface area contributed by atoms with Crippen molar-refractivity contribution >= 4 is 26.3 Å². The molecule has 0 heterocycles. The van der Waals surface area contributed by atoms with Gasteiger partial charge in [-0.05, 0) is 26.5 Å². The lowest BCUT2D eigenvalue weighted by Gasteiger charge is -1.98. The van der Waals surface area contributed by atoms with E-state index in [1.54, 1.807) is 0 Å². The Morgan fingerprint density at radius 2 is 1.77 bits per heavy atom. The summed E-state index contributed by atoms with van der Waals surface area (Å²) in [4.78, 5) is 0. The van der Waals surface area contributed by atoms with Gasteiger partial charge in [0.15, 0.2) is 0 Å². The van der Waals surface area contributed by atoms with E-state index >= 15 is 0 Å². The second kappa shape index (κ2) is 8.53. The Morgan fingerprint density at radius 3 is 2.38 bits per heavy atom. The monoisotopic (exact) mass is 215 g/mol. The molecule has 0 aliphatic rings. The minimum absolute atomic E-state index is 0. The Kier molecular flexibility index (Phi) is 8.49. The number of unbranched alkanes of at least 4 members (excludes halogenated alkanes) is 2. The fourth-order valence-electron chi connectivity index (χ4n) is 1.10. The quantitative estimate of drug-likeness (QED) is 0.517. The molecule has 0 nitrogen and oxygen atoms in total. The predicted molar refractivity (Wildman–Crippen MR) is 64.6 cm³/mol. The van der Waals surface area contributed by atoms with Gasteiger partial charge >= 0.3 is 0 Å². The van der Waals surface area contributed by atoms with E-state index < -0.39 is 0 Å². The number of halogens is 1. The predicted octanol–water partition coefficient (Wildman–Crippen LogP) is 3.87. The van der Waals surface area contributed by atoms with Crippen LogP contribution in [0.5, 0.6) is 0 Å². The molecule has 1 aromatic carbocycles. The second-order valence-corrected chi connectivity index (χ2v) is 4.20. The molecule has 0 unspecified atom stereocenters. The standard InChI is InChI=1S/C11H16P.ClH/c1-2-3-7-10-12-11-8-5-4-6-9-11;/h4-6,8-9H,2-3,7,10H2,1H3;1H. The van der Waals surface area contributed by atoms with Crippen molar-refractivity contribution in [3.8, 4) is 0 Å². The molecule has 2 heteroatoms. The zero-order valence-electron chi connectivity index (χ0n) is 8.07. The molecule has 0 aliphatic carbocycles. The Labute approximate surface area is 89.3 Å². The molecule has 13 heavy (non-hydrogen) atoms. The van der Waals surface area contributed by atoms with Crippen LogP contribution in [0.15, 0.2) is 30.3 Å². The van der Waals surface area contributed by atoms with Gasteiger partial charge in [0, 0.05) is 0 Å². The highest BCUT2D eigenvalue weighted by atomic mass is 35.5. The summed E-state index contributed by atoms with van der Waals surface area (Å²) < 4.78 is 0. The van der Waals surface area contributed by atoms with Crippen molar-refractivity contribution in [2.75, 3.05) is 6.16 Å². The molecular formula is C11H17ClP. The van der Waals surface area contributed by atoms with E-state index in [4.69, 9.17) is 0 Å². The van der Waals surface area contributed by atoms with Crippen LogP contribution in [-0.4, -0.2) is 6.16 Å². The minimum atomic E-state index is 0. The molecule has 0 aromatic heterocycles. The lowest BCUT2D eigenvalue weighted by Crippen LogP contribution is -1.93. The van der Waals surface area contributed by atoms with Gasteiger partial charge in [0.25, 0.3) is 0 Å². The summed E-state index contributed by atoms with van der Waals surface area (Å²) in [5.41, 5.74) is 0. The molecule has 0 bridgehead atoms. The molecular weight excluding hydrogens is 199 g/mol. The van der Waals surface area contributed by atoms with Gasteiger partial charge in [0.1, 0.15) is 0 Å². The van der Waals surface area contributed by atoms with Crippen molar-refractivity contribution in [1.29, 1.82) is 0 Å². The smallest absolute Gasteiger partial charge is 0.0193 e. The van der Waals surface area contributed by atoms with E-state index in [1.807, 2.05) is 0 Å². The average molecular weight is 216 g/mol. The summed E-state index contributed by atoms with van der Waals surface area (Å²) >= 11 is 0. The van der Waals surface area contributed by atoms with Crippen LogP contribution in [0.4, 0.5) is 0 Å². The minimum Gasteiger partial charge on any atom is -0.147 e. The fourth-order valence-corrected chi connectivity index (χ4v) is 2.13. The molecule has 1 aromatic rings. The fraction of sp³-hybridized carbons (Fsp3) is 0.455. The third-order valence-corrected chi connectivity index (χ3v) is 3.02. The molecule has 1 rings (SSSR count). The van der Waals surface area contributed by atoms with E-state index in [0.717, 1.165) is 0 Å². The highest BCUT2D eigenvalue weighted by Crippen LogP contribution is 2.12. The maximum absolute atomic E-state index is 2.25. The Hall–Kier alpha value is -0.0600. The van der Waals surface area contributed by atoms with Gasteiger partial charge in [0.05, 0.1) is 0 Å². The number of rotatable bonds is 5. The summed E-state index contributed by atoms with van der Waals surface area (Å²) in [5.74, 6) is 0. The van der Waals surface area contributed by atoms with Gasteiger partial charge in [-0.1, -0.05) is 50.1 Å². The first-order chi connectivity index (χ1) is 5.93. The van der Waals surface area contributed by atoms with Crippen LogP contribution >= 0.6 is 21.0 Å². The highest BCUT2D eigenvalue weighted by molar-refractivity contribution is 7.47. The van der Waals surface area contributed by atoms with E-state index in [1.165, 1.54) is 39.3 Å². The first-order valence-corrected chi connectivity index (χ1v) is 5.74. The zero-order chi connectivity index (χ0) is 8.65. The summed E-state index contributed by atoms with van der Waals surface area (Å²) in [6.45, 7) is 2.25.